The highest BCUT2D eigenvalue weighted by atomic mass is 16.5. The summed E-state index contributed by atoms with van der Waals surface area (Å²) in [5.74, 6) is 0.751. The largest absolute Gasteiger partial charge is 0.361 e. The van der Waals surface area contributed by atoms with Crippen molar-refractivity contribution in [3.05, 3.63) is 17.0 Å². The van der Waals surface area contributed by atoms with Gasteiger partial charge in [0, 0.05) is 18.0 Å². The van der Waals surface area contributed by atoms with E-state index in [1.165, 1.54) is 4.90 Å². The van der Waals surface area contributed by atoms with Crippen molar-refractivity contribution in [3.63, 3.8) is 0 Å². The summed E-state index contributed by atoms with van der Waals surface area (Å²) in [4.78, 5) is 25.8. The van der Waals surface area contributed by atoms with Gasteiger partial charge in [0.05, 0.1) is 5.69 Å². The molecule has 1 aliphatic rings. The van der Waals surface area contributed by atoms with Gasteiger partial charge in [0.1, 0.15) is 11.8 Å². The van der Waals surface area contributed by atoms with Gasteiger partial charge in [-0.1, -0.05) is 32.3 Å². The van der Waals surface area contributed by atoms with Crippen molar-refractivity contribution < 1.29 is 14.1 Å². The van der Waals surface area contributed by atoms with Crippen LogP contribution in [0.15, 0.2) is 4.52 Å². The quantitative estimate of drug-likeness (QED) is 0.846. The minimum atomic E-state index is -0.403. The minimum absolute atomic E-state index is 0.00151. The number of aromatic nitrogens is 1. The van der Waals surface area contributed by atoms with E-state index < -0.39 is 6.04 Å². The fourth-order valence-electron chi connectivity index (χ4n) is 2.89. The number of carbonyl (C=O) groups is 2. The molecule has 6 nitrogen and oxygen atoms in total. The lowest BCUT2D eigenvalue weighted by Gasteiger charge is -2.19. The van der Waals surface area contributed by atoms with Crippen LogP contribution >= 0.6 is 0 Å². The molecule has 1 saturated heterocycles. The molecule has 0 aliphatic carbocycles. The third kappa shape index (κ3) is 2.80. The number of imide groups is 1. The second kappa shape index (κ2) is 5.87. The van der Waals surface area contributed by atoms with E-state index >= 15 is 0 Å². The Hall–Kier alpha value is -1.85. The number of nitrogens with zero attached hydrogens (tertiary/aromatic N) is 2. The number of hydrogen-bond donors (Lipinski definition) is 1. The van der Waals surface area contributed by atoms with Gasteiger partial charge in [0.15, 0.2) is 0 Å². The molecule has 3 unspecified atom stereocenters. The summed E-state index contributed by atoms with van der Waals surface area (Å²) in [6, 6.07) is -0.705. The predicted molar refractivity (Wildman–Crippen MR) is 77.9 cm³/mol. The van der Waals surface area contributed by atoms with Crippen molar-refractivity contribution in [3.8, 4) is 0 Å². The third-order valence-electron chi connectivity index (χ3n) is 4.31. The van der Waals surface area contributed by atoms with E-state index in [0.717, 1.165) is 23.4 Å². The maximum absolute atomic E-state index is 12.4. The van der Waals surface area contributed by atoms with Crippen LogP contribution in [0, 0.1) is 19.8 Å². The summed E-state index contributed by atoms with van der Waals surface area (Å²) in [6.07, 6.45) is 0.851. The highest BCUT2D eigenvalue weighted by Crippen LogP contribution is 2.26. The van der Waals surface area contributed by atoms with Crippen LogP contribution in [0.1, 0.15) is 50.1 Å². The van der Waals surface area contributed by atoms with E-state index in [1.807, 2.05) is 34.6 Å². The number of carbonyl (C=O) groups excluding carboxylic acids is 2. The van der Waals surface area contributed by atoms with Crippen LogP contribution in [0.2, 0.25) is 0 Å². The summed E-state index contributed by atoms with van der Waals surface area (Å²) >= 11 is 0. The molecular formula is C15H23N3O3. The fraction of sp³-hybridized carbons (Fsp3) is 0.667. The van der Waals surface area contributed by atoms with Crippen LogP contribution < -0.4 is 5.32 Å². The highest BCUT2D eigenvalue weighted by Gasteiger charge is 2.41. The van der Waals surface area contributed by atoms with E-state index in [4.69, 9.17) is 4.52 Å². The van der Waals surface area contributed by atoms with Crippen molar-refractivity contribution in [1.82, 2.24) is 15.4 Å². The van der Waals surface area contributed by atoms with Gasteiger partial charge in [-0.3, -0.25) is 9.69 Å². The predicted octanol–water partition coefficient (Wildman–Crippen LogP) is 2.36. The first-order valence-corrected chi connectivity index (χ1v) is 7.41. The zero-order valence-electron chi connectivity index (χ0n) is 13.3. The molecule has 0 radical (unpaired) electrons. The summed E-state index contributed by atoms with van der Waals surface area (Å²) in [5.41, 5.74) is 1.79. The molecule has 3 amide bonds. The maximum atomic E-state index is 12.4. The standard InChI is InChI=1S/C15H23N3O3/c1-6-8(2)13-14(19)18(15(20)16-13)7-9(3)12-10(4)17-21-11(12)5/h8-9,13H,6-7H2,1-5H3,(H,16,20). The molecule has 0 spiro atoms. The van der Waals surface area contributed by atoms with Gasteiger partial charge in [-0.05, 0) is 19.8 Å². The topological polar surface area (TPSA) is 75.4 Å². The molecule has 1 N–H and O–H groups in total. The summed E-state index contributed by atoms with van der Waals surface area (Å²) in [6.45, 7) is 10.0. The summed E-state index contributed by atoms with van der Waals surface area (Å²) in [5, 5.41) is 6.71. The Kier molecular flexibility index (Phi) is 4.34. The Labute approximate surface area is 124 Å². The molecular weight excluding hydrogens is 270 g/mol. The van der Waals surface area contributed by atoms with Gasteiger partial charge in [-0.25, -0.2) is 4.79 Å². The Bertz CT molecular complexity index is 533. The Balaban J connectivity index is 2.13. The molecule has 1 fully saturated rings. The molecule has 0 bridgehead atoms. The van der Waals surface area contributed by atoms with Crippen LogP contribution in [0.3, 0.4) is 0 Å². The molecule has 0 saturated carbocycles. The number of nitrogens with one attached hydrogen (secondary N) is 1. The molecule has 21 heavy (non-hydrogen) atoms. The SMILES string of the molecule is CCC(C)C1NC(=O)N(CC(C)c2c(C)noc2C)C1=O. The van der Waals surface area contributed by atoms with Gasteiger partial charge < -0.3 is 9.84 Å². The number of rotatable bonds is 5. The van der Waals surface area contributed by atoms with E-state index in [-0.39, 0.29) is 23.8 Å². The first kappa shape index (κ1) is 15.5. The van der Waals surface area contributed by atoms with Crippen LogP contribution in [-0.4, -0.2) is 34.6 Å². The Morgan fingerprint density at radius 1 is 1.33 bits per heavy atom. The highest BCUT2D eigenvalue weighted by molar-refractivity contribution is 6.04. The van der Waals surface area contributed by atoms with Crippen molar-refractivity contribution in [1.29, 1.82) is 0 Å². The summed E-state index contributed by atoms with van der Waals surface area (Å²) < 4.78 is 5.16. The summed E-state index contributed by atoms with van der Waals surface area (Å²) in [7, 11) is 0. The molecule has 1 aliphatic heterocycles. The molecule has 1 aromatic heterocycles. The zero-order valence-corrected chi connectivity index (χ0v) is 13.3. The van der Waals surface area contributed by atoms with Gasteiger partial charge in [-0.2, -0.15) is 0 Å². The van der Waals surface area contributed by atoms with E-state index in [2.05, 4.69) is 10.5 Å². The molecule has 2 heterocycles. The molecule has 2 rings (SSSR count). The normalized spacial score (nSPS) is 21.6. The van der Waals surface area contributed by atoms with Crippen molar-refractivity contribution in [2.75, 3.05) is 6.54 Å². The van der Waals surface area contributed by atoms with Crippen LogP contribution in [0.5, 0.6) is 0 Å². The lowest BCUT2D eigenvalue weighted by Crippen LogP contribution is -2.36. The number of urea groups is 1. The van der Waals surface area contributed by atoms with E-state index in [1.54, 1.807) is 0 Å². The molecule has 0 aromatic carbocycles. The van der Waals surface area contributed by atoms with Crippen LogP contribution in [-0.2, 0) is 4.79 Å². The first-order valence-electron chi connectivity index (χ1n) is 7.41. The van der Waals surface area contributed by atoms with Crippen LogP contribution in [0.25, 0.3) is 0 Å². The van der Waals surface area contributed by atoms with E-state index in [9.17, 15) is 9.59 Å². The van der Waals surface area contributed by atoms with Crippen molar-refractivity contribution in [2.45, 2.75) is 53.0 Å². The smallest absolute Gasteiger partial charge is 0.324 e. The fourth-order valence-corrected chi connectivity index (χ4v) is 2.89. The molecule has 116 valence electrons. The lowest BCUT2D eigenvalue weighted by molar-refractivity contribution is -0.128. The minimum Gasteiger partial charge on any atom is -0.361 e. The van der Waals surface area contributed by atoms with Crippen molar-refractivity contribution >= 4 is 11.9 Å². The lowest BCUT2D eigenvalue weighted by atomic mass is 9.97. The van der Waals surface area contributed by atoms with Crippen molar-refractivity contribution in [2.24, 2.45) is 5.92 Å². The zero-order chi connectivity index (χ0) is 15.7. The average molecular weight is 293 g/mol. The van der Waals surface area contributed by atoms with Gasteiger partial charge in [-0.15, -0.1) is 0 Å². The average Bonchev–Trinajstić information content (AvgIpc) is 2.91. The van der Waals surface area contributed by atoms with E-state index in [0.29, 0.717) is 6.54 Å². The molecule has 1 aromatic rings. The number of hydrogen-bond acceptors (Lipinski definition) is 4. The first-order chi connectivity index (χ1) is 9.86. The molecule has 6 heteroatoms. The second-order valence-corrected chi connectivity index (χ2v) is 5.90. The second-order valence-electron chi connectivity index (χ2n) is 5.90. The monoisotopic (exact) mass is 293 g/mol. The Morgan fingerprint density at radius 3 is 2.52 bits per heavy atom. The van der Waals surface area contributed by atoms with Gasteiger partial charge in [0.2, 0.25) is 0 Å². The van der Waals surface area contributed by atoms with Crippen LogP contribution in [0.4, 0.5) is 4.79 Å². The number of aryl methyl sites for hydroxylation is 2. The molecule has 3 atom stereocenters. The number of amides is 3. The third-order valence-corrected chi connectivity index (χ3v) is 4.31. The Morgan fingerprint density at radius 2 is 2.00 bits per heavy atom. The maximum Gasteiger partial charge on any atom is 0.324 e. The van der Waals surface area contributed by atoms with Gasteiger partial charge in [0.25, 0.3) is 5.91 Å². The van der Waals surface area contributed by atoms with Gasteiger partial charge >= 0.3 is 6.03 Å².